The molecule has 5 rings (SSSR count). The molecule has 0 radical (unpaired) electrons. The fraction of sp³-hybridized carbons (Fsp3) is 0.194. The zero-order chi connectivity index (χ0) is 29.3. The average Bonchev–Trinajstić information content (AvgIpc) is 3.23. The number of thiazole rings is 1. The quantitative estimate of drug-likeness (QED) is 0.221. The molecule has 3 aromatic carbocycles. The molecule has 0 amide bonds. The zero-order valence-electron chi connectivity index (χ0n) is 22.4. The van der Waals surface area contributed by atoms with E-state index in [1.165, 1.54) is 23.5 Å². The Bertz CT molecular complexity index is 1820. The molecule has 1 aliphatic rings. The van der Waals surface area contributed by atoms with E-state index in [-0.39, 0.29) is 24.6 Å². The van der Waals surface area contributed by atoms with E-state index in [2.05, 4.69) is 20.9 Å². The average molecular weight is 656 g/mol. The first-order valence-corrected chi connectivity index (χ1v) is 14.8. The van der Waals surface area contributed by atoms with Gasteiger partial charge in [-0.1, -0.05) is 64.9 Å². The molecule has 0 unspecified atom stereocenters. The molecular weight excluding hydrogens is 631 g/mol. The van der Waals surface area contributed by atoms with Gasteiger partial charge in [0.15, 0.2) is 10.6 Å². The van der Waals surface area contributed by atoms with Gasteiger partial charge < -0.3 is 9.47 Å². The highest BCUT2D eigenvalue weighted by atomic mass is 79.9. The molecule has 0 bridgehead atoms. The first kappa shape index (κ1) is 29.0. The van der Waals surface area contributed by atoms with Crippen LogP contribution >= 0.6 is 38.9 Å². The van der Waals surface area contributed by atoms with Gasteiger partial charge in [0.2, 0.25) is 0 Å². The number of nitrogens with zero attached hydrogens (tertiary/aromatic N) is 2. The van der Waals surface area contributed by atoms with E-state index in [1.807, 2.05) is 31.2 Å². The van der Waals surface area contributed by atoms with Crippen LogP contribution in [-0.4, -0.2) is 17.1 Å². The summed E-state index contributed by atoms with van der Waals surface area (Å²) in [6.07, 6.45) is 1.74. The number of rotatable bonds is 7. The van der Waals surface area contributed by atoms with Gasteiger partial charge in [-0.15, -0.1) is 0 Å². The Morgan fingerprint density at radius 3 is 2.51 bits per heavy atom. The number of benzene rings is 3. The van der Waals surface area contributed by atoms with E-state index < -0.39 is 12.0 Å². The number of aromatic nitrogens is 1. The largest absolute Gasteiger partial charge is 0.486 e. The summed E-state index contributed by atoms with van der Waals surface area (Å²) in [4.78, 5) is 32.0. The zero-order valence-corrected chi connectivity index (χ0v) is 25.6. The maximum atomic E-state index is 13.8. The Hall–Kier alpha value is -3.53. The first-order chi connectivity index (χ1) is 19.7. The van der Waals surface area contributed by atoms with Gasteiger partial charge in [0.25, 0.3) is 5.56 Å². The third kappa shape index (κ3) is 6.07. The molecule has 1 aromatic heterocycles. The fourth-order valence-corrected chi connectivity index (χ4v) is 6.58. The van der Waals surface area contributed by atoms with E-state index in [1.54, 1.807) is 48.8 Å². The molecule has 0 spiro atoms. The van der Waals surface area contributed by atoms with E-state index in [0.29, 0.717) is 41.4 Å². The van der Waals surface area contributed by atoms with Gasteiger partial charge in [0, 0.05) is 0 Å². The molecule has 0 N–H and O–H groups in total. The van der Waals surface area contributed by atoms with Gasteiger partial charge in [-0.25, -0.2) is 14.2 Å². The van der Waals surface area contributed by atoms with Crippen LogP contribution in [-0.2, 0) is 16.1 Å². The lowest BCUT2D eigenvalue weighted by Crippen LogP contribution is -2.39. The highest BCUT2D eigenvalue weighted by molar-refractivity contribution is 9.10. The molecule has 0 fully saturated rings. The maximum Gasteiger partial charge on any atom is 0.338 e. The van der Waals surface area contributed by atoms with Crippen molar-refractivity contribution >= 4 is 50.9 Å². The van der Waals surface area contributed by atoms with Crippen molar-refractivity contribution in [2.24, 2.45) is 4.99 Å². The number of carbonyl (C=O) groups excluding carboxylic acids is 1. The minimum absolute atomic E-state index is 0.206. The van der Waals surface area contributed by atoms with Crippen LogP contribution in [0.4, 0.5) is 4.39 Å². The number of fused-ring (bicyclic) bond motifs is 1. The second-order valence-electron chi connectivity index (χ2n) is 9.44. The Balaban J connectivity index is 1.54. The molecule has 6 nitrogen and oxygen atoms in total. The van der Waals surface area contributed by atoms with Gasteiger partial charge in [-0.3, -0.25) is 9.36 Å². The van der Waals surface area contributed by atoms with Gasteiger partial charge in [-0.2, -0.15) is 0 Å². The molecule has 4 aromatic rings. The lowest BCUT2D eigenvalue weighted by Gasteiger charge is -2.24. The number of carbonyl (C=O) groups is 1. The van der Waals surface area contributed by atoms with Crippen LogP contribution in [0.5, 0.6) is 5.75 Å². The van der Waals surface area contributed by atoms with Crippen LogP contribution in [0.15, 0.2) is 86.2 Å². The van der Waals surface area contributed by atoms with Gasteiger partial charge in [0.1, 0.15) is 12.4 Å². The van der Waals surface area contributed by atoms with Crippen LogP contribution in [0.1, 0.15) is 42.1 Å². The summed E-state index contributed by atoms with van der Waals surface area (Å²) in [7, 11) is 0. The Morgan fingerprint density at radius 1 is 1.15 bits per heavy atom. The molecule has 0 saturated carbocycles. The Kier molecular flexibility index (Phi) is 8.58. The molecule has 41 heavy (non-hydrogen) atoms. The molecule has 0 aliphatic carbocycles. The van der Waals surface area contributed by atoms with Crippen molar-refractivity contribution in [3.8, 4) is 5.75 Å². The minimum atomic E-state index is -0.675. The van der Waals surface area contributed by atoms with Gasteiger partial charge in [0.05, 0.1) is 37.9 Å². The molecule has 10 heteroatoms. The van der Waals surface area contributed by atoms with Crippen molar-refractivity contribution in [3.05, 3.63) is 129 Å². The van der Waals surface area contributed by atoms with Crippen molar-refractivity contribution in [1.82, 2.24) is 4.57 Å². The summed E-state index contributed by atoms with van der Waals surface area (Å²) < 4.78 is 27.0. The summed E-state index contributed by atoms with van der Waals surface area (Å²) in [6.45, 7) is 5.89. The Morgan fingerprint density at radius 2 is 1.85 bits per heavy atom. The predicted octanol–water partition coefficient (Wildman–Crippen LogP) is 6.24. The maximum absolute atomic E-state index is 13.8. The monoisotopic (exact) mass is 654 g/mol. The van der Waals surface area contributed by atoms with Crippen LogP contribution in [0.3, 0.4) is 0 Å². The standard InChI is InChI=1S/C31H25BrClFN2O4S/c1-4-39-30(38)26-18(3)35-31-36(27(26)21-9-5-17(2)6-10-21)29(37)25(41-31)15-20-13-23(32)28(24(33)14-20)40-16-19-7-11-22(34)12-8-19/h5-15,27H,4,16H2,1-3H3/b25-15+/t27-/m1/s1. The van der Waals surface area contributed by atoms with Crippen LogP contribution < -0.4 is 19.6 Å². The highest BCUT2D eigenvalue weighted by Gasteiger charge is 2.33. The lowest BCUT2D eigenvalue weighted by atomic mass is 9.95. The molecule has 1 aliphatic heterocycles. The highest BCUT2D eigenvalue weighted by Crippen LogP contribution is 2.35. The summed E-state index contributed by atoms with van der Waals surface area (Å²) in [5, 5.41) is 0.346. The van der Waals surface area contributed by atoms with Crippen molar-refractivity contribution < 1.29 is 18.7 Å². The number of allylic oxidation sites excluding steroid dienone is 1. The van der Waals surface area contributed by atoms with Gasteiger partial charge >= 0.3 is 5.97 Å². The number of ether oxygens (including phenoxy) is 2. The van der Waals surface area contributed by atoms with Crippen LogP contribution in [0.2, 0.25) is 5.02 Å². The predicted molar refractivity (Wildman–Crippen MR) is 161 cm³/mol. The summed E-state index contributed by atoms with van der Waals surface area (Å²) in [6, 6.07) is 16.6. The van der Waals surface area contributed by atoms with Crippen LogP contribution in [0.25, 0.3) is 6.08 Å². The van der Waals surface area contributed by atoms with Crippen molar-refractivity contribution in [2.45, 2.75) is 33.4 Å². The topological polar surface area (TPSA) is 69.9 Å². The Labute approximate surface area is 253 Å². The van der Waals surface area contributed by atoms with Gasteiger partial charge in [-0.05, 0) is 83.7 Å². The number of aryl methyl sites for hydroxylation is 1. The smallest absolute Gasteiger partial charge is 0.338 e. The minimum Gasteiger partial charge on any atom is -0.486 e. The summed E-state index contributed by atoms with van der Waals surface area (Å²) >= 11 is 11.3. The van der Waals surface area contributed by atoms with Crippen molar-refractivity contribution in [2.75, 3.05) is 6.61 Å². The van der Waals surface area contributed by atoms with Crippen LogP contribution in [0, 0.1) is 12.7 Å². The molecule has 1 atom stereocenters. The first-order valence-electron chi connectivity index (χ1n) is 12.8. The molecule has 0 saturated heterocycles. The van der Waals surface area contributed by atoms with Crippen molar-refractivity contribution in [3.63, 3.8) is 0 Å². The van der Waals surface area contributed by atoms with E-state index in [9.17, 15) is 14.0 Å². The third-order valence-electron chi connectivity index (χ3n) is 6.52. The third-order valence-corrected chi connectivity index (χ3v) is 8.38. The number of halogens is 3. The summed E-state index contributed by atoms with van der Waals surface area (Å²) in [5.74, 6) is -0.385. The lowest BCUT2D eigenvalue weighted by molar-refractivity contribution is -0.139. The van der Waals surface area contributed by atoms with Crippen molar-refractivity contribution in [1.29, 1.82) is 0 Å². The molecule has 210 valence electrons. The fourth-order valence-electron chi connectivity index (χ4n) is 4.54. The van der Waals surface area contributed by atoms with E-state index in [0.717, 1.165) is 16.7 Å². The second kappa shape index (κ2) is 12.1. The second-order valence-corrected chi connectivity index (χ2v) is 11.7. The SMILES string of the molecule is CCOC(=O)C1=C(C)N=c2s/c(=C/c3cc(Cl)c(OCc4ccc(F)cc4)c(Br)c3)c(=O)n2[C@@H]1c1ccc(C)cc1. The van der Waals surface area contributed by atoms with E-state index in [4.69, 9.17) is 21.1 Å². The van der Waals surface area contributed by atoms with E-state index >= 15 is 0 Å². The normalized spacial score (nSPS) is 15.0. The number of hydrogen-bond donors (Lipinski definition) is 0. The molecule has 2 heterocycles. The summed E-state index contributed by atoms with van der Waals surface area (Å²) in [5.41, 5.74) is 3.88. The number of hydrogen-bond acceptors (Lipinski definition) is 6. The molecular formula is C31H25BrClFN2O4S. The number of esters is 1.